The second-order valence-electron chi connectivity index (χ2n) is 2.30. The van der Waals surface area contributed by atoms with Gasteiger partial charge in [-0.05, 0) is 28.7 Å². The number of pyridine rings is 1. The number of halogens is 4. The number of anilines is 2. The van der Waals surface area contributed by atoms with Crippen LogP contribution in [0.15, 0.2) is 6.07 Å². The van der Waals surface area contributed by atoms with E-state index in [1.165, 1.54) is 6.07 Å². The number of rotatable bonds is 1. The Morgan fingerprint density at radius 3 is 2.43 bits per heavy atom. The largest absolute Gasteiger partial charge is 0.574 e. The zero-order valence-corrected chi connectivity index (χ0v) is 8.76. The van der Waals surface area contributed by atoms with Crippen LogP contribution in [0.1, 0.15) is 0 Å². The molecule has 0 fully saturated rings. The highest BCUT2D eigenvalue weighted by Crippen LogP contribution is 2.29. The van der Waals surface area contributed by atoms with E-state index in [4.69, 9.17) is 11.5 Å². The van der Waals surface area contributed by atoms with Crippen molar-refractivity contribution in [3.8, 4) is 5.88 Å². The van der Waals surface area contributed by atoms with Crippen molar-refractivity contribution in [1.29, 1.82) is 0 Å². The van der Waals surface area contributed by atoms with Crippen LogP contribution in [0.4, 0.5) is 24.7 Å². The summed E-state index contributed by atoms with van der Waals surface area (Å²) in [5.74, 6) is -0.783. The first-order valence-corrected chi connectivity index (χ1v) is 4.34. The second-order valence-corrected chi connectivity index (χ2v) is 3.46. The smallest absolute Gasteiger partial charge is 0.394 e. The van der Waals surface area contributed by atoms with Gasteiger partial charge in [-0.25, -0.2) is 0 Å². The summed E-state index contributed by atoms with van der Waals surface area (Å²) in [6.45, 7) is 0. The van der Waals surface area contributed by atoms with E-state index in [0.717, 1.165) is 0 Å². The van der Waals surface area contributed by atoms with E-state index in [-0.39, 0.29) is 11.5 Å². The number of nitrogen functional groups attached to an aromatic ring is 2. The van der Waals surface area contributed by atoms with Crippen LogP contribution in [-0.4, -0.2) is 11.3 Å². The number of nitrogens with zero attached hydrogens (tertiary/aromatic N) is 1. The average Bonchev–Trinajstić information content (AvgIpc) is 1.97. The van der Waals surface area contributed by atoms with Crippen LogP contribution in [0, 0.1) is 3.57 Å². The van der Waals surface area contributed by atoms with Gasteiger partial charge in [-0.1, -0.05) is 0 Å². The minimum atomic E-state index is -4.82. The molecule has 0 unspecified atom stereocenters. The van der Waals surface area contributed by atoms with Gasteiger partial charge in [-0.2, -0.15) is 4.98 Å². The molecule has 0 spiro atoms. The average molecular weight is 319 g/mol. The first kappa shape index (κ1) is 11.1. The molecule has 1 rings (SSSR count). The van der Waals surface area contributed by atoms with Crippen LogP contribution in [0.25, 0.3) is 0 Å². The molecule has 4 nitrogen and oxygen atoms in total. The van der Waals surface area contributed by atoms with E-state index >= 15 is 0 Å². The van der Waals surface area contributed by atoms with Crippen LogP contribution >= 0.6 is 22.6 Å². The maximum Gasteiger partial charge on any atom is 0.574 e. The minimum Gasteiger partial charge on any atom is -0.394 e. The lowest BCUT2D eigenvalue weighted by Crippen LogP contribution is -2.19. The van der Waals surface area contributed by atoms with Gasteiger partial charge in [-0.15, -0.1) is 13.2 Å². The standard InChI is InChI=1S/C6H5F3IN3O/c7-6(8,9)14-5-3(11)1-2(10)4(12)13-5/h1H,11H2,(H2,12,13). The van der Waals surface area contributed by atoms with Crippen molar-refractivity contribution in [2.24, 2.45) is 0 Å². The molecule has 0 aliphatic heterocycles. The monoisotopic (exact) mass is 319 g/mol. The summed E-state index contributed by atoms with van der Waals surface area (Å²) in [7, 11) is 0. The third kappa shape index (κ3) is 2.79. The molecule has 1 heterocycles. The Morgan fingerprint density at radius 2 is 1.93 bits per heavy atom. The molecule has 78 valence electrons. The normalized spacial score (nSPS) is 11.4. The highest BCUT2D eigenvalue weighted by molar-refractivity contribution is 14.1. The predicted molar refractivity (Wildman–Crippen MR) is 52.5 cm³/mol. The molecule has 1 aromatic heterocycles. The number of hydrogen-bond donors (Lipinski definition) is 2. The first-order valence-electron chi connectivity index (χ1n) is 3.27. The van der Waals surface area contributed by atoms with Gasteiger partial charge in [0.25, 0.3) is 0 Å². The van der Waals surface area contributed by atoms with E-state index in [9.17, 15) is 13.2 Å². The molecule has 0 amide bonds. The van der Waals surface area contributed by atoms with Gasteiger partial charge in [0.05, 0.1) is 9.26 Å². The van der Waals surface area contributed by atoms with Crippen LogP contribution in [0.5, 0.6) is 5.88 Å². The molecular formula is C6H5F3IN3O. The highest BCUT2D eigenvalue weighted by atomic mass is 127. The van der Waals surface area contributed by atoms with Gasteiger partial charge in [0, 0.05) is 0 Å². The van der Waals surface area contributed by atoms with E-state index < -0.39 is 12.2 Å². The number of ether oxygens (including phenoxy) is 1. The SMILES string of the molecule is Nc1cc(I)c(N)nc1OC(F)(F)F. The third-order valence-electron chi connectivity index (χ3n) is 1.21. The summed E-state index contributed by atoms with van der Waals surface area (Å²) in [5, 5.41) is 0. The fraction of sp³-hybridized carbons (Fsp3) is 0.167. The van der Waals surface area contributed by atoms with Gasteiger partial charge in [0.2, 0.25) is 5.88 Å². The number of alkyl halides is 3. The molecular weight excluding hydrogens is 314 g/mol. The summed E-state index contributed by atoms with van der Waals surface area (Å²) in [5.41, 5.74) is 10.3. The number of nitrogens with two attached hydrogens (primary N) is 2. The zero-order valence-electron chi connectivity index (χ0n) is 6.60. The summed E-state index contributed by atoms with van der Waals surface area (Å²) >= 11 is 1.80. The number of aromatic nitrogens is 1. The molecule has 1 aromatic rings. The van der Waals surface area contributed by atoms with E-state index in [2.05, 4.69) is 9.72 Å². The molecule has 0 atom stereocenters. The van der Waals surface area contributed by atoms with Crippen molar-refractivity contribution >= 4 is 34.1 Å². The molecule has 14 heavy (non-hydrogen) atoms. The quantitative estimate of drug-likeness (QED) is 0.774. The second kappa shape index (κ2) is 3.67. The van der Waals surface area contributed by atoms with Crippen molar-refractivity contribution in [2.75, 3.05) is 11.5 Å². The molecule has 4 N–H and O–H groups in total. The fourth-order valence-corrected chi connectivity index (χ4v) is 1.15. The summed E-state index contributed by atoms with van der Waals surface area (Å²) in [6.07, 6.45) is -4.82. The topological polar surface area (TPSA) is 74.2 Å². The maximum atomic E-state index is 11.8. The first-order chi connectivity index (χ1) is 6.29. The van der Waals surface area contributed by atoms with Crippen molar-refractivity contribution in [1.82, 2.24) is 4.98 Å². The van der Waals surface area contributed by atoms with Crippen molar-refractivity contribution in [3.05, 3.63) is 9.64 Å². The summed E-state index contributed by atoms with van der Waals surface area (Å²) in [6, 6.07) is 1.25. The summed E-state index contributed by atoms with van der Waals surface area (Å²) < 4.78 is 39.4. The van der Waals surface area contributed by atoms with Crippen molar-refractivity contribution in [3.63, 3.8) is 0 Å². The Hall–Kier alpha value is -0.930. The van der Waals surface area contributed by atoms with Crippen LogP contribution in [0.2, 0.25) is 0 Å². The zero-order chi connectivity index (χ0) is 10.9. The Morgan fingerprint density at radius 1 is 1.36 bits per heavy atom. The number of hydrogen-bond acceptors (Lipinski definition) is 4. The Balaban J connectivity index is 3.04. The lowest BCUT2D eigenvalue weighted by atomic mass is 10.4. The fourth-order valence-electron chi connectivity index (χ4n) is 0.691. The van der Waals surface area contributed by atoms with E-state index in [0.29, 0.717) is 3.57 Å². The van der Waals surface area contributed by atoms with Crippen molar-refractivity contribution in [2.45, 2.75) is 6.36 Å². The van der Waals surface area contributed by atoms with Crippen LogP contribution in [0.3, 0.4) is 0 Å². The minimum absolute atomic E-state index is 0.0564. The molecule has 0 radical (unpaired) electrons. The van der Waals surface area contributed by atoms with Gasteiger partial charge in [0.15, 0.2) is 0 Å². The lowest BCUT2D eigenvalue weighted by molar-refractivity contribution is -0.275. The van der Waals surface area contributed by atoms with Gasteiger partial charge in [0.1, 0.15) is 5.82 Å². The Bertz CT molecular complexity index is 355. The molecule has 0 bridgehead atoms. The molecule has 0 aliphatic carbocycles. The Kier molecular flexibility index (Phi) is 2.92. The molecule has 8 heteroatoms. The molecule has 0 aromatic carbocycles. The van der Waals surface area contributed by atoms with Crippen LogP contribution in [-0.2, 0) is 0 Å². The summed E-state index contributed by atoms with van der Waals surface area (Å²) in [4.78, 5) is 3.36. The third-order valence-corrected chi connectivity index (χ3v) is 2.07. The van der Waals surface area contributed by atoms with Crippen LogP contribution < -0.4 is 16.2 Å². The molecule has 0 saturated carbocycles. The predicted octanol–water partition coefficient (Wildman–Crippen LogP) is 1.75. The van der Waals surface area contributed by atoms with E-state index in [1.807, 2.05) is 0 Å². The maximum absolute atomic E-state index is 11.8. The van der Waals surface area contributed by atoms with Gasteiger partial charge < -0.3 is 16.2 Å². The molecule has 0 saturated heterocycles. The van der Waals surface area contributed by atoms with Gasteiger partial charge in [-0.3, -0.25) is 0 Å². The highest BCUT2D eigenvalue weighted by Gasteiger charge is 2.33. The molecule has 0 aliphatic rings. The van der Waals surface area contributed by atoms with Gasteiger partial charge >= 0.3 is 6.36 Å². The van der Waals surface area contributed by atoms with Crippen molar-refractivity contribution < 1.29 is 17.9 Å². The lowest BCUT2D eigenvalue weighted by Gasteiger charge is -2.10. The Labute approximate surface area is 90.6 Å². The van der Waals surface area contributed by atoms with E-state index in [1.54, 1.807) is 22.6 Å².